The van der Waals surface area contributed by atoms with Crippen molar-refractivity contribution in [3.05, 3.63) is 0 Å². The highest BCUT2D eigenvalue weighted by Crippen LogP contribution is 2.07. The Kier molecular flexibility index (Phi) is 14.5. The van der Waals surface area contributed by atoms with Gasteiger partial charge in [0.05, 0.1) is 12.5 Å². The summed E-state index contributed by atoms with van der Waals surface area (Å²) in [6.07, 6.45) is 0.530. The Bertz CT molecular complexity index is 748. The van der Waals surface area contributed by atoms with E-state index in [0.29, 0.717) is 12.2 Å². The van der Waals surface area contributed by atoms with Gasteiger partial charge in [0, 0.05) is 6.42 Å². The summed E-state index contributed by atoms with van der Waals surface area (Å²) >= 11 is 1.41. The van der Waals surface area contributed by atoms with E-state index >= 15 is 0 Å². The lowest BCUT2D eigenvalue weighted by atomic mass is 10.0. The minimum absolute atomic E-state index is 0.135. The molecule has 4 atom stereocenters. The van der Waals surface area contributed by atoms with Crippen LogP contribution in [0.1, 0.15) is 46.0 Å². The zero-order valence-corrected chi connectivity index (χ0v) is 20.2. The molecule has 0 saturated carbocycles. The molecule has 0 aromatic carbocycles. The van der Waals surface area contributed by atoms with Gasteiger partial charge in [0.2, 0.25) is 17.7 Å². The van der Waals surface area contributed by atoms with E-state index in [4.69, 9.17) is 21.1 Å². The topological polar surface area (TPSA) is 225 Å². The molecule has 4 unspecified atom stereocenters. The molecule has 0 aromatic rings. The van der Waals surface area contributed by atoms with E-state index in [-0.39, 0.29) is 18.8 Å². The normalized spacial score (nSPS) is 14.4. The van der Waals surface area contributed by atoms with Crippen molar-refractivity contribution in [2.45, 2.75) is 70.1 Å². The number of amides is 3. The SMILES string of the molecule is CSCCC(NC(=O)C(N)CC(C)C)C(=O)NC(CCC(=O)O)C(=O)NC(CC(=O)O)C(=O)O. The fourth-order valence-electron chi connectivity index (χ4n) is 2.85. The number of hydrogen-bond acceptors (Lipinski definition) is 8. The zero-order chi connectivity index (χ0) is 26.4. The van der Waals surface area contributed by atoms with Gasteiger partial charge in [-0.1, -0.05) is 13.8 Å². The minimum Gasteiger partial charge on any atom is -0.481 e. The quantitative estimate of drug-likeness (QED) is 0.126. The van der Waals surface area contributed by atoms with Crippen LogP contribution in [0, 0.1) is 5.92 Å². The minimum atomic E-state index is -1.78. The molecule has 0 rings (SSSR count). The molecule has 0 aliphatic heterocycles. The van der Waals surface area contributed by atoms with Gasteiger partial charge in [0.1, 0.15) is 18.1 Å². The fourth-order valence-corrected chi connectivity index (χ4v) is 3.33. The molecule has 0 aliphatic carbocycles. The van der Waals surface area contributed by atoms with Crippen molar-refractivity contribution < 1.29 is 44.1 Å². The van der Waals surface area contributed by atoms with E-state index in [0.717, 1.165) is 0 Å². The molecular weight excluding hydrogens is 472 g/mol. The summed E-state index contributed by atoms with van der Waals surface area (Å²) in [6, 6.07) is -5.19. The van der Waals surface area contributed by atoms with Crippen LogP contribution in [0.3, 0.4) is 0 Å². The monoisotopic (exact) mass is 506 g/mol. The number of hydrogen-bond donors (Lipinski definition) is 7. The first-order chi connectivity index (χ1) is 15.8. The van der Waals surface area contributed by atoms with E-state index in [9.17, 15) is 28.8 Å². The molecule has 0 heterocycles. The van der Waals surface area contributed by atoms with Gasteiger partial charge in [-0.05, 0) is 37.2 Å². The molecule has 194 valence electrons. The van der Waals surface area contributed by atoms with Gasteiger partial charge in [-0.2, -0.15) is 11.8 Å². The third-order valence-electron chi connectivity index (χ3n) is 4.58. The number of rotatable bonds is 17. The van der Waals surface area contributed by atoms with E-state index in [1.165, 1.54) is 11.8 Å². The zero-order valence-electron chi connectivity index (χ0n) is 19.4. The summed E-state index contributed by atoms with van der Waals surface area (Å²) < 4.78 is 0. The second kappa shape index (κ2) is 15.9. The number of carboxylic acid groups (broad SMARTS) is 3. The summed E-state index contributed by atoms with van der Waals surface area (Å²) in [5.41, 5.74) is 5.87. The standard InChI is InChI=1S/C20H34N4O9S/c1-10(2)8-11(21)17(29)22-13(6-7-34-3)19(31)23-12(4-5-15(25)26)18(30)24-14(20(32)33)9-16(27)28/h10-14H,4-9,21H2,1-3H3,(H,22,29)(H,23,31)(H,24,30)(H,25,26)(H,27,28)(H,32,33). The van der Waals surface area contributed by atoms with Crippen molar-refractivity contribution in [1.29, 1.82) is 0 Å². The number of thioether (sulfide) groups is 1. The van der Waals surface area contributed by atoms with Gasteiger partial charge in [-0.15, -0.1) is 0 Å². The number of aliphatic carboxylic acids is 3. The van der Waals surface area contributed by atoms with Gasteiger partial charge in [-0.25, -0.2) is 4.79 Å². The van der Waals surface area contributed by atoms with Crippen LogP contribution in [-0.4, -0.2) is 87.1 Å². The maximum Gasteiger partial charge on any atom is 0.326 e. The molecule has 0 spiro atoms. The van der Waals surface area contributed by atoms with Crippen molar-refractivity contribution in [3.63, 3.8) is 0 Å². The summed E-state index contributed by atoms with van der Waals surface area (Å²) in [5.74, 6) is -6.14. The highest BCUT2D eigenvalue weighted by atomic mass is 32.2. The van der Waals surface area contributed by atoms with Gasteiger partial charge in [0.15, 0.2) is 0 Å². The van der Waals surface area contributed by atoms with Crippen LogP contribution in [0.5, 0.6) is 0 Å². The predicted octanol–water partition coefficient (Wildman–Crippen LogP) is -1.01. The maximum atomic E-state index is 12.9. The fraction of sp³-hybridized carbons (Fsp3) is 0.700. The van der Waals surface area contributed by atoms with Crippen molar-refractivity contribution in [1.82, 2.24) is 16.0 Å². The number of carbonyl (C=O) groups excluding carboxylic acids is 3. The van der Waals surface area contributed by atoms with E-state index in [1.807, 2.05) is 19.2 Å². The molecule has 0 aromatic heterocycles. The Morgan fingerprint density at radius 2 is 1.29 bits per heavy atom. The highest BCUT2D eigenvalue weighted by molar-refractivity contribution is 7.98. The Hall–Kier alpha value is -2.87. The van der Waals surface area contributed by atoms with Crippen LogP contribution < -0.4 is 21.7 Å². The molecule has 8 N–H and O–H groups in total. The molecule has 3 amide bonds. The lowest BCUT2D eigenvalue weighted by molar-refractivity contribution is -0.147. The van der Waals surface area contributed by atoms with Gasteiger partial charge in [-0.3, -0.25) is 24.0 Å². The van der Waals surface area contributed by atoms with Gasteiger partial charge >= 0.3 is 17.9 Å². The van der Waals surface area contributed by atoms with Crippen LogP contribution in [0.2, 0.25) is 0 Å². The molecular formula is C20H34N4O9S. The Morgan fingerprint density at radius 1 is 0.794 bits per heavy atom. The number of carboxylic acids is 3. The smallest absolute Gasteiger partial charge is 0.326 e. The number of carbonyl (C=O) groups is 6. The van der Waals surface area contributed by atoms with Gasteiger partial charge < -0.3 is 37.0 Å². The number of nitrogens with one attached hydrogen (secondary N) is 3. The third kappa shape index (κ3) is 13.0. The predicted molar refractivity (Wildman–Crippen MR) is 123 cm³/mol. The lowest BCUT2D eigenvalue weighted by Gasteiger charge is -2.25. The maximum absolute atomic E-state index is 12.9. The largest absolute Gasteiger partial charge is 0.481 e. The molecule has 0 bridgehead atoms. The summed E-state index contributed by atoms with van der Waals surface area (Å²) in [6.45, 7) is 3.76. The van der Waals surface area contributed by atoms with E-state index in [1.54, 1.807) is 6.26 Å². The lowest BCUT2D eigenvalue weighted by Crippen LogP contribution is -2.57. The van der Waals surface area contributed by atoms with Crippen LogP contribution in [0.25, 0.3) is 0 Å². The molecule has 14 heteroatoms. The Balaban J connectivity index is 5.54. The van der Waals surface area contributed by atoms with Gasteiger partial charge in [0.25, 0.3) is 0 Å². The first-order valence-electron chi connectivity index (χ1n) is 10.6. The second-order valence-electron chi connectivity index (χ2n) is 8.07. The second-order valence-corrected chi connectivity index (χ2v) is 9.06. The van der Waals surface area contributed by atoms with Crippen molar-refractivity contribution in [2.75, 3.05) is 12.0 Å². The van der Waals surface area contributed by atoms with Crippen LogP contribution >= 0.6 is 11.8 Å². The van der Waals surface area contributed by atoms with E-state index < -0.39 is 72.6 Å². The Morgan fingerprint density at radius 3 is 1.74 bits per heavy atom. The van der Waals surface area contributed by atoms with Crippen LogP contribution in [0.15, 0.2) is 0 Å². The molecule has 0 radical (unpaired) electrons. The van der Waals surface area contributed by atoms with E-state index in [2.05, 4.69) is 10.6 Å². The third-order valence-corrected chi connectivity index (χ3v) is 5.22. The molecule has 0 saturated heterocycles. The average molecular weight is 507 g/mol. The molecule has 0 fully saturated rings. The van der Waals surface area contributed by atoms with Crippen molar-refractivity contribution in [2.24, 2.45) is 11.7 Å². The molecule has 34 heavy (non-hydrogen) atoms. The number of nitrogens with two attached hydrogens (primary N) is 1. The summed E-state index contributed by atoms with van der Waals surface area (Å²) in [7, 11) is 0. The molecule has 0 aliphatic rings. The highest BCUT2D eigenvalue weighted by Gasteiger charge is 2.31. The first-order valence-corrected chi connectivity index (χ1v) is 12.0. The van der Waals surface area contributed by atoms with Crippen molar-refractivity contribution >= 4 is 47.4 Å². The first kappa shape index (κ1) is 31.1. The summed E-state index contributed by atoms with van der Waals surface area (Å²) in [5, 5.41) is 33.8. The summed E-state index contributed by atoms with van der Waals surface area (Å²) in [4.78, 5) is 71.0. The van der Waals surface area contributed by atoms with Crippen LogP contribution in [0.4, 0.5) is 0 Å². The Labute approximate surface area is 201 Å². The van der Waals surface area contributed by atoms with Crippen LogP contribution in [-0.2, 0) is 28.8 Å². The average Bonchev–Trinajstić information content (AvgIpc) is 2.71. The molecule has 13 nitrogen and oxygen atoms in total. The van der Waals surface area contributed by atoms with Crippen molar-refractivity contribution in [3.8, 4) is 0 Å².